The number of carbonyl (C=O) groups excluding carboxylic acids is 1. The van der Waals surface area contributed by atoms with Crippen LogP contribution in [0.1, 0.15) is 34.6 Å². The van der Waals surface area contributed by atoms with Crippen LogP contribution in [0.4, 0.5) is 0 Å². The predicted molar refractivity (Wildman–Crippen MR) is 178 cm³/mol. The fraction of sp³-hybridized carbons (Fsp3) is 0.289. The molecule has 1 aromatic heterocycles. The van der Waals surface area contributed by atoms with Crippen molar-refractivity contribution in [3.8, 4) is 11.5 Å². The van der Waals surface area contributed by atoms with E-state index in [1.54, 1.807) is 7.11 Å². The number of hydrogen-bond donors (Lipinski definition) is 1. The summed E-state index contributed by atoms with van der Waals surface area (Å²) in [6, 6.07) is 35.0. The molecule has 1 N–H and O–H groups in total. The number of hydrogen-bond acceptors (Lipinski definition) is 5. The number of benzene rings is 4. The van der Waals surface area contributed by atoms with Crippen molar-refractivity contribution in [3.05, 3.63) is 132 Å². The third kappa shape index (κ3) is 7.93. The molecule has 4 aromatic carbocycles. The molecular weight excluding hydrogens is 562 g/mol. The lowest BCUT2D eigenvalue weighted by atomic mass is 9.88. The quantitative estimate of drug-likeness (QED) is 0.172. The Balaban J connectivity index is 1.25. The molecule has 1 aliphatic heterocycles. The van der Waals surface area contributed by atoms with Crippen LogP contribution in [0.25, 0.3) is 10.9 Å². The zero-order chi connectivity index (χ0) is 30.8. The highest BCUT2D eigenvalue weighted by Gasteiger charge is 2.23. The van der Waals surface area contributed by atoms with E-state index in [0.717, 1.165) is 78.5 Å². The van der Waals surface area contributed by atoms with Crippen LogP contribution in [-0.2, 0) is 22.7 Å². The average Bonchev–Trinajstić information content (AvgIpc) is 3.45. The minimum atomic E-state index is -0.126. The van der Waals surface area contributed by atoms with Crippen molar-refractivity contribution in [2.24, 2.45) is 0 Å². The van der Waals surface area contributed by atoms with Crippen LogP contribution in [0, 0.1) is 0 Å². The fourth-order valence-corrected chi connectivity index (χ4v) is 5.99. The number of fused-ring (bicyclic) bond motifs is 1. The van der Waals surface area contributed by atoms with E-state index in [2.05, 4.69) is 81.6 Å². The number of aromatic nitrogens is 1. The summed E-state index contributed by atoms with van der Waals surface area (Å²) in [5, 5.41) is 4.34. The maximum absolute atomic E-state index is 13.5. The van der Waals surface area contributed by atoms with Crippen molar-refractivity contribution in [1.29, 1.82) is 0 Å². The number of rotatable bonds is 13. The highest BCUT2D eigenvalue weighted by atomic mass is 16.5. The summed E-state index contributed by atoms with van der Waals surface area (Å²) < 4.78 is 19.2. The number of ether oxygens (including phenoxy) is 3. The van der Waals surface area contributed by atoms with E-state index in [0.29, 0.717) is 19.6 Å². The van der Waals surface area contributed by atoms with Crippen LogP contribution in [0.5, 0.6) is 11.5 Å². The lowest BCUT2D eigenvalue weighted by Crippen LogP contribution is -2.41. The molecule has 5 aromatic rings. The van der Waals surface area contributed by atoms with Gasteiger partial charge in [0.2, 0.25) is 5.91 Å². The molecule has 1 aliphatic rings. The highest BCUT2D eigenvalue weighted by Crippen LogP contribution is 2.36. The van der Waals surface area contributed by atoms with Crippen LogP contribution >= 0.6 is 0 Å². The lowest BCUT2D eigenvalue weighted by Gasteiger charge is -2.26. The molecule has 0 radical (unpaired) electrons. The Labute approximate surface area is 265 Å². The van der Waals surface area contributed by atoms with Crippen molar-refractivity contribution >= 4 is 16.8 Å². The number of morpholine rings is 1. The first-order chi connectivity index (χ1) is 22.2. The first kappa shape index (κ1) is 30.4. The summed E-state index contributed by atoms with van der Waals surface area (Å²) in [4.78, 5) is 15.8. The van der Waals surface area contributed by atoms with Gasteiger partial charge in [0.25, 0.3) is 0 Å². The van der Waals surface area contributed by atoms with Gasteiger partial charge < -0.3 is 24.1 Å². The molecule has 7 heteroatoms. The molecule has 0 saturated carbocycles. The second-order valence-corrected chi connectivity index (χ2v) is 11.5. The minimum absolute atomic E-state index is 0.0460. The Morgan fingerprint density at radius 3 is 2.31 bits per heavy atom. The number of carbonyl (C=O) groups is 1. The van der Waals surface area contributed by atoms with E-state index in [-0.39, 0.29) is 11.8 Å². The van der Waals surface area contributed by atoms with Gasteiger partial charge in [-0.15, -0.1) is 0 Å². The molecule has 1 amide bonds. The summed E-state index contributed by atoms with van der Waals surface area (Å²) in [6.45, 7) is 5.99. The van der Waals surface area contributed by atoms with Gasteiger partial charge >= 0.3 is 0 Å². The normalized spacial score (nSPS) is 14.2. The summed E-state index contributed by atoms with van der Waals surface area (Å²) in [5.41, 5.74) is 5.67. The molecule has 0 unspecified atom stereocenters. The maximum Gasteiger partial charge on any atom is 0.220 e. The van der Waals surface area contributed by atoms with Gasteiger partial charge in [-0.2, -0.15) is 0 Å². The van der Waals surface area contributed by atoms with Crippen LogP contribution < -0.4 is 14.8 Å². The molecule has 45 heavy (non-hydrogen) atoms. The molecule has 0 aliphatic carbocycles. The molecule has 6 rings (SSSR count). The maximum atomic E-state index is 13.5. The third-order valence-corrected chi connectivity index (χ3v) is 8.48. The van der Waals surface area contributed by atoms with Gasteiger partial charge in [0.1, 0.15) is 18.1 Å². The Kier molecular flexibility index (Phi) is 10.1. The van der Waals surface area contributed by atoms with Gasteiger partial charge in [0, 0.05) is 62.2 Å². The largest absolute Gasteiger partial charge is 0.497 e. The van der Waals surface area contributed by atoms with Gasteiger partial charge in [-0.3, -0.25) is 9.69 Å². The van der Waals surface area contributed by atoms with E-state index >= 15 is 0 Å². The summed E-state index contributed by atoms with van der Waals surface area (Å²) in [7, 11) is 1.68. The van der Waals surface area contributed by atoms with Crippen LogP contribution in [0.2, 0.25) is 0 Å². The number of amides is 1. The minimum Gasteiger partial charge on any atom is -0.497 e. The number of nitrogens with zero attached hydrogens (tertiary/aromatic N) is 2. The Hall–Kier alpha value is -4.59. The fourth-order valence-electron chi connectivity index (χ4n) is 5.99. The smallest absolute Gasteiger partial charge is 0.220 e. The third-order valence-electron chi connectivity index (χ3n) is 8.48. The van der Waals surface area contributed by atoms with Crippen molar-refractivity contribution in [3.63, 3.8) is 0 Å². The summed E-state index contributed by atoms with van der Waals surface area (Å²) in [5.74, 6) is 1.56. The zero-order valence-electron chi connectivity index (χ0n) is 25.9. The molecule has 7 nitrogen and oxygen atoms in total. The highest BCUT2D eigenvalue weighted by molar-refractivity contribution is 5.87. The van der Waals surface area contributed by atoms with Crippen LogP contribution in [0.15, 0.2) is 109 Å². The summed E-state index contributed by atoms with van der Waals surface area (Å²) >= 11 is 0. The van der Waals surface area contributed by atoms with Crippen molar-refractivity contribution in [2.75, 3.05) is 46.5 Å². The monoisotopic (exact) mass is 603 g/mol. The predicted octanol–water partition coefficient (Wildman–Crippen LogP) is 6.25. The molecule has 1 saturated heterocycles. The SMILES string of the molecule is COc1ccc(Cn2cc([C@@H](CC(=O)NCCN3CCOCC3)c3ccc(OCc4ccccc4)cc3)c3ccccc32)cc1. The van der Waals surface area contributed by atoms with E-state index in [1.165, 1.54) is 5.56 Å². The van der Waals surface area contributed by atoms with Gasteiger partial charge in [-0.05, 0) is 52.6 Å². The van der Waals surface area contributed by atoms with Crippen molar-refractivity contribution in [2.45, 2.75) is 25.5 Å². The van der Waals surface area contributed by atoms with Crippen LogP contribution in [0.3, 0.4) is 0 Å². The first-order valence-electron chi connectivity index (χ1n) is 15.7. The van der Waals surface area contributed by atoms with Gasteiger partial charge in [-0.1, -0.05) is 72.8 Å². The Morgan fingerprint density at radius 2 is 1.56 bits per heavy atom. The molecule has 232 valence electrons. The zero-order valence-corrected chi connectivity index (χ0v) is 25.9. The molecular formula is C38H41N3O4. The molecule has 0 bridgehead atoms. The molecule has 1 atom stereocenters. The molecule has 0 spiro atoms. The van der Waals surface area contributed by atoms with Gasteiger partial charge in [-0.25, -0.2) is 0 Å². The molecule has 2 heterocycles. The first-order valence-corrected chi connectivity index (χ1v) is 15.7. The topological polar surface area (TPSA) is 65.0 Å². The average molecular weight is 604 g/mol. The Bertz CT molecular complexity index is 1660. The second kappa shape index (κ2) is 14.9. The van der Waals surface area contributed by atoms with E-state index < -0.39 is 0 Å². The van der Waals surface area contributed by atoms with E-state index in [4.69, 9.17) is 14.2 Å². The second-order valence-electron chi connectivity index (χ2n) is 11.5. The Morgan fingerprint density at radius 1 is 0.844 bits per heavy atom. The standard InChI is InChI=1S/C38H41N3O4/c1-43-32-15-11-29(12-16-32)26-41-27-36(34-9-5-6-10-37(34)41)35(25-38(42)39-19-20-40-21-23-44-24-22-40)31-13-17-33(18-14-31)45-28-30-7-3-2-4-8-30/h2-18,27,35H,19-26,28H2,1H3,(H,39,42)/t35-/m0/s1. The lowest BCUT2D eigenvalue weighted by molar-refractivity contribution is -0.121. The van der Waals surface area contributed by atoms with Gasteiger partial charge in [0.15, 0.2) is 0 Å². The van der Waals surface area contributed by atoms with E-state index in [1.807, 2.05) is 42.5 Å². The van der Waals surface area contributed by atoms with E-state index in [9.17, 15) is 4.79 Å². The van der Waals surface area contributed by atoms with Crippen LogP contribution in [-0.4, -0.2) is 61.9 Å². The van der Waals surface area contributed by atoms with Gasteiger partial charge in [0.05, 0.1) is 20.3 Å². The van der Waals surface area contributed by atoms with Crippen molar-refractivity contribution in [1.82, 2.24) is 14.8 Å². The number of nitrogens with one attached hydrogen (secondary N) is 1. The van der Waals surface area contributed by atoms with Crippen molar-refractivity contribution < 1.29 is 19.0 Å². The number of methoxy groups -OCH3 is 1. The summed E-state index contributed by atoms with van der Waals surface area (Å²) in [6.07, 6.45) is 2.57. The molecule has 1 fully saturated rings. The number of para-hydroxylation sites is 1.